The van der Waals surface area contributed by atoms with E-state index in [0.29, 0.717) is 41.8 Å². The molecule has 1 unspecified atom stereocenters. The zero-order valence-electron chi connectivity index (χ0n) is 17.3. The van der Waals surface area contributed by atoms with Crippen molar-refractivity contribution in [2.45, 2.75) is 32.4 Å². The predicted molar refractivity (Wildman–Crippen MR) is 112 cm³/mol. The van der Waals surface area contributed by atoms with Crippen LogP contribution in [0.3, 0.4) is 0 Å². The fourth-order valence-corrected chi connectivity index (χ4v) is 4.62. The van der Waals surface area contributed by atoms with Crippen LogP contribution in [0, 0.1) is 6.92 Å². The predicted octanol–water partition coefficient (Wildman–Crippen LogP) is 3.67. The molecule has 2 aromatic rings. The fraction of sp³-hybridized carbons (Fsp3) is 0.375. The van der Waals surface area contributed by atoms with Crippen LogP contribution in [0.25, 0.3) is 6.08 Å². The number of allylic oxidation sites excluding steroid dienone is 1. The molecule has 31 heavy (non-hydrogen) atoms. The van der Waals surface area contributed by atoms with E-state index in [9.17, 15) is 4.79 Å². The first-order valence-electron chi connectivity index (χ1n) is 10.6. The van der Waals surface area contributed by atoms with Gasteiger partial charge in [-0.05, 0) is 55.2 Å². The largest absolute Gasteiger partial charge is 0.478 e. The molecule has 1 atom stereocenters. The minimum absolute atomic E-state index is 0.107. The smallest absolute Gasteiger partial charge is 0.232 e. The van der Waals surface area contributed by atoms with Crippen molar-refractivity contribution < 1.29 is 28.5 Å². The van der Waals surface area contributed by atoms with E-state index in [2.05, 4.69) is 4.90 Å². The van der Waals surface area contributed by atoms with E-state index in [-0.39, 0.29) is 18.7 Å². The van der Waals surface area contributed by atoms with Gasteiger partial charge in [-0.15, -0.1) is 0 Å². The summed E-state index contributed by atoms with van der Waals surface area (Å²) in [5.41, 5.74) is 3.23. The van der Waals surface area contributed by atoms with E-state index in [1.54, 1.807) is 6.08 Å². The highest BCUT2D eigenvalue weighted by Gasteiger charge is 2.36. The third-order valence-electron chi connectivity index (χ3n) is 6.17. The van der Waals surface area contributed by atoms with Gasteiger partial charge in [0.25, 0.3) is 0 Å². The molecule has 0 aliphatic carbocycles. The summed E-state index contributed by atoms with van der Waals surface area (Å²) in [5.74, 6) is 2.98. The van der Waals surface area contributed by atoms with Crippen LogP contribution in [0.15, 0.2) is 30.0 Å². The van der Waals surface area contributed by atoms with Crippen molar-refractivity contribution in [1.82, 2.24) is 4.90 Å². The number of ketones is 1. The molecule has 7 nitrogen and oxygen atoms in total. The Morgan fingerprint density at radius 1 is 1.13 bits per heavy atom. The summed E-state index contributed by atoms with van der Waals surface area (Å²) in [6.45, 7) is 4.96. The highest BCUT2D eigenvalue weighted by Crippen LogP contribution is 2.44. The summed E-state index contributed by atoms with van der Waals surface area (Å²) in [4.78, 5) is 15.4. The molecule has 0 bridgehead atoms. The lowest BCUT2D eigenvalue weighted by Crippen LogP contribution is -2.37. The standard InChI is InChI=1S/C24H23NO6/c1-14-7-19-17(11-25(12-28-19)10-16-3-2-6-27-16)24-22(14)23(26)21(31-24)9-15-4-5-18-20(8-15)30-13-29-18/h4-5,7-9,16H,2-3,6,10-13H2,1H3/b21-9-. The lowest BCUT2D eigenvalue weighted by atomic mass is 9.98. The lowest BCUT2D eigenvalue weighted by molar-refractivity contribution is 0.0273. The third kappa shape index (κ3) is 3.25. The van der Waals surface area contributed by atoms with Crippen molar-refractivity contribution in [2.24, 2.45) is 0 Å². The summed E-state index contributed by atoms with van der Waals surface area (Å²) >= 11 is 0. The van der Waals surface area contributed by atoms with Crippen LogP contribution in [0.4, 0.5) is 0 Å². The van der Waals surface area contributed by atoms with Crippen molar-refractivity contribution in [3.05, 3.63) is 52.3 Å². The Bertz CT molecular complexity index is 1100. The van der Waals surface area contributed by atoms with Crippen molar-refractivity contribution in [1.29, 1.82) is 0 Å². The van der Waals surface area contributed by atoms with Crippen molar-refractivity contribution in [2.75, 3.05) is 26.7 Å². The number of carbonyl (C=O) groups excluding carboxylic acids is 1. The quantitative estimate of drug-likeness (QED) is 0.701. The van der Waals surface area contributed by atoms with Gasteiger partial charge in [-0.1, -0.05) is 6.07 Å². The molecule has 4 aliphatic rings. The SMILES string of the molecule is Cc1cc2c(c3c1C(=O)/C(=C/c1ccc4c(c1)OCO4)O3)CN(CC1CCCO1)CO2. The van der Waals surface area contributed by atoms with Gasteiger partial charge in [0.15, 0.2) is 17.3 Å². The van der Waals surface area contributed by atoms with E-state index in [4.69, 9.17) is 23.7 Å². The second-order valence-corrected chi connectivity index (χ2v) is 8.35. The molecule has 0 saturated carbocycles. The number of hydrogen-bond acceptors (Lipinski definition) is 7. The van der Waals surface area contributed by atoms with Gasteiger partial charge in [-0.2, -0.15) is 0 Å². The van der Waals surface area contributed by atoms with E-state index in [0.717, 1.165) is 48.4 Å². The van der Waals surface area contributed by atoms with Crippen LogP contribution in [0.5, 0.6) is 23.0 Å². The first-order valence-corrected chi connectivity index (χ1v) is 10.6. The summed E-state index contributed by atoms with van der Waals surface area (Å²) in [7, 11) is 0. The van der Waals surface area contributed by atoms with Gasteiger partial charge in [-0.3, -0.25) is 9.69 Å². The molecule has 0 radical (unpaired) electrons. The van der Waals surface area contributed by atoms with Crippen LogP contribution in [0.1, 0.15) is 39.9 Å². The Morgan fingerprint density at radius 3 is 2.90 bits per heavy atom. The number of ether oxygens (including phenoxy) is 5. The number of aryl methyl sites for hydroxylation is 1. The number of benzene rings is 2. The molecule has 6 rings (SSSR count). The summed E-state index contributed by atoms with van der Waals surface area (Å²) in [6, 6.07) is 7.52. The molecule has 0 aromatic heterocycles. The van der Waals surface area contributed by atoms with Crippen LogP contribution in [0.2, 0.25) is 0 Å². The Labute approximate surface area is 180 Å². The van der Waals surface area contributed by atoms with Crippen LogP contribution in [-0.2, 0) is 11.3 Å². The number of nitrogens with zero attached hydrogens (tertiary/aromatic N) is 1. The topological polar surface area (TPSA) is 66.5 Å². The molecule has 0 spiro atoms. The Kier molecular flexibility index (Phi) is 4.40. The van der Waals surface area contributed by atoms with Crippen LogP contribution < -0.4 is 18.9 Å². The van der Waals surface area contributed by atoms with Gasteiger partial charge < -0.3 is 23.7 Å². The second-order valence-electron chi connectivity index (χ2n) is 8.35. The highest BCUT2D eigenvalue weighted by atomic mass is 16.7. The summed E-state index contributed by atoms with van der Waals surface area (Å²) in [6.07, 6.45) is 4.18. The second kappa shape index (κ2) is 7.28. The molecule has 1 fully saturated rings. The van der Waals surface area contributed by atoms with Gasteiger partial charge in [-0.25, -0.2) is 0 Å². The summed E-state index contributed by atoms with van der Waals surface area (Å²) in [5, 5.41) is 0. The van der Waals surface area contributed by atoms with E-state index < -0.39 is 0 Å². The maximum Gasteiger partial charge on any atom is 0.232 e. The Hall–Kier alpha value is -3.03. The number of fused-ring (bicyclic) bond motifs is 4. The van der Waals surface area contributed by atoms with Gasteiger partial charge >= 0.3 is 0 Å². The third-order valence-corrected chi connectivity index (χ3v) is 6.17. The zero-order valence-corrected chi connectivity index (χ0v) is 17.3. The number of carbonyl (C=O) groups is 1. The molecule has 0 amide bonds. The molecular formula is C24H23NO6. The van der Waals surface area contributed by atoms with E-state index in [1.807, 2.05) is 31.2 Å². The number of Topliss-reactive ketones (excluding diaryl/α,β-unsaturated/α-hetero) is 1. The van der Waals surface area contributed by atoms with Crippen LogP contribution >= 0.6 is 0 Å². The number of rotatable bonds is 3. The van der Waals surface area contributed by atoms with Gasteiger partial charge in [0.05, 0.1) is 17.2 Å². The first kappa shape index (κ1) is 18.7. The average Bonchev–Trinajstić information content (AvgIpc) is 3.50. The van der Waals surface area contributed by atoms with Gasteiger partial charge in [0.1, 0.15) is 18.2 Å². The maximum atomic E-state index is 13.2. The molecule has 1 saturated heterocycles. The van der Waals surface area contributed by atoms with E-state index >= 15 is 0 Å². The Balaban J connectivity index is 1.30. The van der Waals surface area contributed by atoms with E-state index in [1.165, 1.54) is 0 Å². The average molecular weight is 421 g/mol. The lowest BCUT2D eigenvalue weighted by Gasteiger charge is -2.31. The maximum absolute atomic E-state index is 13.2. The number of hydrogen-bond donors (Lipinski definition) is 0. The molecular weight excluding hydrogens is 398 g/mol. The van der Waals surface area contributed by atoms with Crippen LogP contribution in [-0.4, -0.2) is 43.5 Å². The van der Waals surface area contributed by atoms with Crippen molar-refractivity contribution in [3.8, 4) is 23.0 Å². The monoisotopic (exact) mass is 421 g/mol. The normalized spacial score (nSPS) is 22.9. The van der Waals surface area contributed by atoms with Gasteiger partial charge in [0, 0.05) is 19.7 Å². The zero-order chi connectivity index (χ0) is 20.9. The molecule has 160 valence electrons. The molecule has 4 heterocycles. The summed E-state index contributed by atoms with van der Waals surface area (Å²) < 4.78 is 28.7. The Morgan fingerprint density at radius 2 is 2.03 bits per heavy atom. The fourth-order valence-electron chi connectivity index (χ4n) is 4.62. The minimum Gasteiger partial charge on any atom is -0.478 e. The van der Waals surface area contributed by atoms with Crippen molar-refractivity contribution >= 4 is 11.9 Å². The molecule has 7 heteroatoms. The highest BCUT2D eigenvalue weighted by molar-refractivity contribution is 6.15. The van der Waals surface area contributed by atoms with Gasteiger partial charge in [0.2, 0.25) is 12.6 Å². The molecule has 0 N–H and O–H groups in total. The first-order chi connectivity index (χ1) is 15.2. The molecule has 2 aromatic carbocycles. The molecule has 4 aliphatic heterocycles. The van der Waals surface area contributed by atoms with Crippen molar-refractivity contribution in [3.63, 3.8) is 0 Å². The minimum atomic E-state index is -0.107.